The van der Waals surface area contributed by atoms with Crippen molar-refractivity contribution < 1.29 is 14.3 Å². The molecule has 0 saturated heterocycles. The summed E-state index contributed by atoms with van der Waals surface area (Å²) < 4.78 is 5.18. The van der Waals surface area contributed by atoms with Crippen molar-refractivity contribution in [1.29, 1.82) is 0 Å². The molecule has 0 fully saturated rings. The molecule has 0 unspecified atom stereocenters. The number of carbonyl (C=O) groups excluding carboxylic acids is 2. The lowest BCUT2D eigenvalue weighted by Gasteiger charge is -2.22. The first-order chi connectivity index (χ1) is 12.0. The summed E-state index contributed by atoms with van der Waals surface area (Å²) in [5.41, 5.74) is 3.18. The second-order valence-corrected chi connectivity index (χ2v) is 8.92. The van der Waals surface area contributed by atoms with Gasteiger partial charge < -0.3 is 15.0 Å². The molecule has 1 aromatic rings. The maximum atomic E-state index is 12.5. The van der Waals surface area contributed by atoms with Crippen LogP contribution in [0.5, 0.6) is 0 Å². The van der Waals surface area contributed by atoms with Gasteiger partial charge in [-0.25, -0.2) is 4.79 Å². The van der Waals surface area contributed by atoms with Crippen LogP contribution in [0.15, 0.2) is 18.2 Å². The van der Waals surface area contributed by atoms with Gasteiger partial charge in [0.25, 0.3) is 0 Å². The molecule has 5 heteroatoms. The highest BCUT2D eigenvalue weighted by Gasteiger charge is 2.26. The van der Waals surface area contributed by atoms with Gasteiger partial charge in [0.05, 0.1) is 0 Å². The molecule has 0 atom stereocenters. The molecule has 0 spiro atoms. The van der Waals surface area contributed by atoms with Gasteiger partial charge in [0, 0.05) is 25.2 Å². The Morgan fingerprint density at radius 2 is 1.85 bits per heavy atom. The number of ether oxygens (including phenoxy) is 1. The van der Waals surface area contributed by atoms with Gasteiger partial charge in [-0.1, -0.05) is 32.9 Å². The number of alkyl carbamates (subject to hydrolysis) is 1. The summed E-state index contributed by atoms with van der Waals surface area (Å²) >= 11 is 0. The Labute approximate surface area is 157 Å². The van der Waals surface area contributed by atoms with Gasteiger partial charge in [0.2, 0.25) is 5.91 Å². The van der Waals surface area contributed by atoms with Gasteiger partial charge in [-0.05, 0) is 56.2 Å². The van der Waals surface area contributed by atoms with Gasteiger partial charge in [0.15, 0.2) is 0 Å². The fourth-order valence-electron chi connectivity index (χ4n) is 3.01. The van der Waals surface area contributed by atoms with Gasteiger partial charge in [-0.3, -0.25) is 4.79 Å². The predicted octanol–water partition coefficient (Wildman–Crippen LogP) is 4.18. The normalized spacial score (nSPS) is 14.2. The molecule has 1 N–H and O–H groups in total. The largest absolute Gasteiger partial charge is 0.444 e. The summed E-state index contributed by atoms with van der Waals surface area (Å²) in [6.07, 6.45) is 1.48. The molecule has 26 heavy (non-hydrogen) atoms. The van der Waals surface area contributed by atoms with Crippen molar-refractivity contribution in [1.82, 2.24) is 5.32 Å². The van der Waals surface area contributed by atoms with Crippen LogP contribution in [0.4, 0.5) is 10.5 Å². The molecular formula is C21H32N2O3. The third-order valence-electron chi connectivity index (χ3n) is 4.38. The maximum Gasteiger partial charge on any atom is 0.407 e. The molecule has 144 valence electrons. The fourth-order valence-corrected chi connectivity index (χ4v) is 3.01. The molecule has 0 radical (unpaired) electrons. The summed E-state index contributed by atoms with van der Waals surface area (Å²) in [5.74, 6) is 0.109. The van der Waals surface area contributed by atoms with Crippen LogP contribution in [0.3, 0.4) is 0 Å². The summed E-state index contributed by atoms with van der Waals surface area (Å²) in [6, 6.07) is 6.42. The average molecular weight is 360 g/mol. The minimum absolute atomic E-state index is 0.109. The third-order valence-corrected chi connectivity index (χ3v) is 4.38. The van der Waals surface area contributed by atoms with Crippen LogP contribution in [0.1, 0.15) is 65.5 Å². The first-order valence-corrected chi connectivity index (χ1v) is 9.38. The van der Waals surface area contributed by atoms with Gasteiger partial charge in [-0.2, -0.15) is 0 Å². The second kappa shape index (κ2) is 7.68. The maximum absolute atomic E-state index is 12.5. The van der Waals surface area contributed by atoms with E-state index in [-0.39, 0.29) is 11.3 Å². The van der Waals surface area contributed by atoms with E-state index in [0.29, 0.717) is 19.4 Å². The smallest absolute Gasteiger partial charge is 0.407 e. The van der Waals surface area contributed by atoms with E-state index >= 15 is 0 Å². The zero-order valence-electron chi connectivity index (χ0n) is 16.9. The number of nitrogens with one attached hydrogen (secondary N) is 1. The molecule has 1 heterocycles. The van der Waals surface area contributed by atoms with E-state index in [2.05, 4.69) is 44.3 Å². The van der Waals surface area contributed by atoms with Crippen molar-refractivity contribution in [2.75, 3.05) is 18.0 Å². The van der Waals surface area contributed by atoms with Crippen molar-refractivity contribution in [2.45, 2.75) is 71.8 Å². The van der Waals surface area contributed by atoms with E-state index in [9.17, 15) is 9.59 Å². The Bertz CT molecular complexity index is 669. The molecular weight excluding hydrogens is 328 g/mol. The van der Waals surface area contributed by atoms with Crippen molar-refractivity contribution in [3.05, 3.63) is 29.3 Å². The van der Waals surface area contributed by atoms with Crippen molar-refractivity contribution in [3.8, 4) is 0 Å². The molecule has 2 rings (SSSR count). The van der Waals surface area contributed by atoms with Crippen molar-refractivity contribution in [3.63, 3.8) is 0 Å². The van der Waals surface area contributed by atoms with E-state index < -0.39 is 11.7 Å². The number of amides is 2. The first-order valence-electron chi connectivity index (χ1n) is 9.38. The molecule has 0 aromatic heterocycles. The monoisotopic (exact) mass is 360 g/mol. The Hall–Kier alpha value is -2.04. The zero-order chi connectivity index (χ0) is 19.5. The molecule has 5 nitrogen and oxygen atoms in total. The van der Waals surface area contributed by atoms with Crippen LogP contribution in [-0.4, -0.2) is 30.7 Å². The predicted molar refractivity (Wildman–Crippen MR) is 105 cm³/mol. The highest BCUT2D eigenvalue weighted by Crippen LogP contribution is 2.33. The number of hydrogen-bond acceptors (Lipinski definition) is 3. The summed E-state index contributed by atoms with van der Waals surface area (Å²) in [6.45, 7) is 13.2. The van der Waals surface area contributed by atoms with Crippen LogP contribution in [0, 0.1) is 0 Å². The standard InChI is InChI=1S/C21H32N2O3/c1-20(2,3)16-9-10-17-15(14-16)11-13-23(17)18(24)8-7-12-22-19(25)26-21(4,5)6/h9-10,14H,7-8,11-13H2,1-6H3,(H,22,25). The van der Waals surface area contributed by atoms with Gasteiger partial charge in [-0.15, -0.1) is 0 Å². The minimum atomic E-state index is -0.509. The number of hydrogen-bond donors (Lipinski definition) is 1. The fraction of sp³-hybridized carbons (Fsp3) is 0.619. The lowest BCUT2D eigenvalue weighted by molar-refractivity contribution is -0.118. The van der Waals surface area contributed by atoms with E-state index in [1.807, 2.05) is 25.7 Å². The number of anilines is 1. The number of carbonyl (C=O) groups is 2. The zero-order valence-corrected chi connectivity index (χ0v) is 16.9. The Balaban J connectivity index is 1.84. The number of benzene rings is 1. The quantitative estimate of drug-likeness (QED) is 0.820. The highest BCUT2D eigenvalue weighted by atomic mass is 16.6. The van der Waals surface area contributed by atoms with Crippen LogP contribution in [0.2, 0.25) is 0 Å². The van der Waals surface area contributed by atoms with Crippen LogP contribution < -0.4 is 10.2 Å². The summed E-state index contributed by atoms with van der Waals surface area (Å²) in [4.78, 5) is 26.0. The Morgan fingerprint density at radius 1 is 1.15 bits per heavy atom. The number of rotatable bonds is 4. The second-order valence-electron chi connectivity index (χ2n) is 8.92. The van der Waals surface area contributed by atoms with Gasteiger partial charge >= 0.3 is 6.09 Å². The minimum Gasteiger partial charge on any atom is -0.444 e. The summed E-state index contributed by atoms with van der Waals surface area (Å²) in [5, 5.41) is 2.70. The van der Waals surface area contributed by atoms with E-state index in [1.54, 1.807) is 0 Å². The van der Waals surface area contributed by atoms with Gasteiger partial charge in [0.1, 0.15) is 5.60 Å². The highest BCUT2D eigenvalue weighted by molar-refractivity contribution is 5.95. The SMILES string of the molecule is CC(C)(C)OC(=O)NCCCC(=O)N1CCc2cc(C(C)(C)C)ccc21. The lowest BCUT2D eigenvalue weighted by atomic mass is 9.86. The van der Waals surface area contributed by atoms with Crippen molar-refractivity contribution >= 4 is 17.7 Å². The molecule has 0 aliphatic carbocycles. The molecule has 2 amide bonds. The third kappa shape index (κ3) is 5.48. The summed E-state index contributed by atoms with van der Waals surface area (Å²) in [7, 11) is 0. The Morgan fingerprint density at radius 3 is 2.46 bits per heavy atom. The van der Waals surface area contributed by atoms with Crippen LogP contribution in [-0.2, 0) is 21.4 Å². The van der Waals surface area contributed by atoms with Crippen LogP contribution in [0.25, 0.3) is 0 Å². The molecule has 1 aliphatic rings. The topological polar surface area (TPSA) is 58.6 Å². The molecule has 1 aromatic carbocycles. The van der Waals surface area contributed by atoms with E-state index in [0.717, 1.165) is 18.7 Å². The lowest BCUT2D eigenvalue weighted by Crippen LogP contribution is -2.34. The molecule has 1 aliphatic heterocycles. The van der Waals surface area contributed by atoms with E-state index in [1.165, 1.54) is 11.1 Å². The number of nitrogens with zero attached hydrogens (tertiary/aromatic N) is 1. The number of fused-ring (bicyclic) bond motifs is 1. The molecule has 0 saturated carbocycles. The average Bonchev–Trinajstić information content (AvgIpc) is 2.92. The first kappa shape index (κ1) is 20.3. The van der Waals surface area contributed by atoms with Crippen molar-refractivity contribution in [2.24, 2.45) is 0 Å². The Kier molecular flexibility index (Phi) is 5.99. The van der Waals surface area contributed by atoms with Crippen LogP contribution >= 0.6 is 0 Å². The van der Waals surface area contributed by atoms with E-state index in [4.69, 9.17) is 4.74 Å². The molecule has 0 bridgehead atoms.